The molecule has 0 unspecified atom stereocenters. The first kappa shape index (κ1) is 26.6. The Balaban J connectivity index is 1.49. The van der Waals surface area contributed by atoms with Crippen LogP contribution in [0.2, 0.25) is 0 Å². The molecule has 3 aliphatic rings. The normalized spacial score (nSPS) is 18.4. The summed E-state index contributed by atoms with van der Waals surface area (Å²) >= 11 is 0. The topological polar surface area (TPSA) is 126 Å². The van der Waals surface area contributed by atoms with Crippen LogP contribution in [0.1, 0.15) is 27.7 Å². The quantitative estimate of drug-likeness (QED) is 0.257. The number of fused-ring (bicyclic) bond motifs is 7. The Bertz CT molecular complexity index is 1840. The van der Waals surface area contributed by atoms with E-state index in [1.807, 2.05) is 6.07 Å². The number of nitrogens with zero attached hydrogens (tertiary/aromatic N) is 4. The molecule has 4 heterocycles. The van der Waals surface area contributed by atoms with Gasteiger partial charge in [-0.3, -0.25) is 19.3 Å². The molecule has 1 saturated heterocycles. The van der Waals surface area contributed by atoms with Gasteiger partial charge in [-0.05, 0) is 17.2 Å². The number of hydrogen-bond acceptors (Lipinski definition) is 10. The van der Waals surface area contributed by atoms with Crippen LogP contribution in [-0.2, 0) is 14.2 Å². The molecule has 7 rings (SSSR count). The minimum atomic E-state index is -1.09. The molecule has 220 valence electrons. The summed E-state index contributed by atoms with van der Waals surface area (Å²) in [6.45, 7) is -0.231. The molecule has 12 nitrogen and oxygen atoms in total. The van der Waals surface area contributed by atoms with E-state index in [-0.39, 0.29) is 48.1 Å². The van der Waals surface area contributed by atoms with Crippen molar-refractivity contribution in [2.24, 2.45) is 0 Å². The highest BCUT2D eigenvalue weighted by Gasteiger charge is 2.47. The molecule has 0 saturated carbocycles. The lowest BCUT2D eigenvalue weighted by atomic mass is 9.92. The predicted octanol–water partition coefficient (Wildman–Crippen LogP) is 3.42. The van der Waals surface area contributed by atoms with Crippen LogP contribution >= 0.6 is 0 Å². The first-order valence-corrected chi connectivity index (χ1v) is 13.2. The molecule has 1 aliphatic carbocycles. The van der Waals surface area contributed by atoms with E-state index in [0.29, 0.717) is 16.7 Å². The molecule has 1 amide bonds. The minimum Gasteiger partial charge on any atom is -0.451 e. The zero-order valence-electron chi connectivity index (χ0n) is 22.5. The third-order valence-electron chi connectivity index (χ3n) is 7.73. The number of pyridine rings is 1. The number of halogens is 2. The summed E-state index contributed by atoms with van der Waals surface area (Å²) in [6.07, 6.45) is 0.959. The van der Waals surface area contributed by atoms with Gasteiger partial charge in [0.25, 0.3) is 5.91 Å². The Hall–Kier alpha value is -5.24. The Kier molecular flexibility index (Phi) is 6.34. The van der Waals surface area contributed by atoms with Crippen LogP contribution < -0.4 is 15.2 Å². The number of hydrogen-bond donors (Lipinski definition) is 0. The fourth-order valence-electron chi connectivity index (χ4n) is 5.93. The third kappa shape index (κ3) is 4.05. The first-order chi connectivity index (χ1) is 20.9. The second-order valence-corrected chi connectivity index (χ2v) is 9.88. The van der Waals surface area contributed by atoms with Crippen molar-refractivity contribution in [1.29, 1.82) is 0 Å². The van der Waals surface area contributed by atoms with Gasteiger partial charge in [0.2, 0.25) is 18.0 Å². The van der Waals surface area contributed by atoms with Crippen molar-refractivity contribution < 1.29 is 41.8 Å². The molecular weight excluding hydrogens is 570 g/mol. The number of aromatic nitrogens is 2. The van der Waals surface area contributed by atoms with Gasteiger partial charge in [0, 0.05) is 29.9 Å². The van der Waals surface area contributed by atoms with E-state index in [1.165, 1.54) is 34.1 Å². The third-order valence-corrected chi connectivity index (χ3v) is 7.73. The van der Waals surface area contributed by atoms with Gasteiger partial charge in [-0.1, -0.05) is 35.5 Å². The molecule has 14 heteroatoms. The van der Waals surface area contributed by atoms with Crippen molar-refractivity contribution >= 4 is 12.1 Å². The summed E-state index contributed by atoms with van der Waals surface area (Å²) in [5, 5.41) is 5.64. The van der Waals surface area contributed by atoms with Gasteiger partial charge in [-0.25, -0.2) is 13.6 Å². The Labute approximate surface area is 241 Å². The van der Waals surface area contributed by atoms with Gasteiger partial charge in [0.1, 0.15) is 6.17 Å². The molecule has 43 heavy (non-hydrogen) atoms. The van der Waals surface area contributed by atoms with E-state index >= 15 is 4.39 Å². The maximum absolute atomic E-state index is 15.8. The number of carbonyl (C=O) groups is 2. The molecule has 0 spiro atoms. The number of carbonyl (C=O) groups excluding carboxylic acids is 2. The fraction of sp³-hybridized carbons (Fsp3) is 0.241. The number of amides is 1. The maximum atomic E-state index is 15.8. The van der Waals surface area contributed by atoms with Crippen LogP contribution in [0.5, 0.6) is 5.75 Å². The molecule has 0 radical (unpaired) electrons. The summed E-state index contributed by atoms with van der Waals surface area (Å²) in [6, 6.07) is 10.0. The molecule has 0 N–H and O–H groups in total. The first-order valence-electron chi connectivity index (χ1n) is 13.2. The molecule has 2 aromatic heterocycles. The van der Waals surface area contributed by atoms with Crippen LogP contribution in [0.3, 0.4) is 0 Å². The maximum Gasteiger partial charge on any atom is 0.510 e. The van der Waals surface area contributed by atoms with E-state index in [2.05, 4.69) is 9.89 Å². The van der Waals surface area contributed by atoms with Gasteiger partial charge in [-0.2, -0.15) is 0 Å². The van der Waals surface area contributed by atoms with Gasteiger partial charge in [0.15, 0.2) is 23.1 Å². The van der Waals surface area contributed by atoms with Crippen LogP contribution in [0.4, 0.5) is 13.6 Å². The fourth-order valence-corrected chi connectivity index (χ4v) is 5.93. The van der Waals surface area contributed by atoms with E-state index in [9.17, 15) is 18.8 Å². The Morgan fingerprint density at radius 3 is 2.77 bits per heavy atom. The number of rotatable bonds is 4. The summed E-state index contributed by atoms with van der Waals surface area (Å²) in [5.41, 5.74) is 0.976. The van der Waals surface area contributed by atoms with E-state index in [4.69, 9.17) is 18.7 Å². The zero-order valence-corrected chi connectivity index (χ0v) is 22.5. The number of benzene rings is 2. The molecule has 0 bridgehead atoms. The smallest absolute Gasteiger partial charge is 0.451 e. The van der Waals surface area contributed by atoms with Crippen LogP contribution in [0.25, 0.3) is 22.5 Å². The van der Waals surface area contributed by atoms with Crippen LogP contribution in [0.15, 0.2) is 64.2 Å². The van der Waals surface area contributed by atoms with Crippen molar-refractivity contribution in [3.05, 3.63) is 93.5 Å². The molecular formula is C29H22F2N4O8. The van der Waals surface area contributed by atoms with Crippen molar-refractivity contribution in [3.8, 4) is 28.2 Å². The second kappa shape index (κ2) is 10.2. The molecule has 2 atom stereocenters. The van der Waals surface area contributed by atoms with Gasteiger partial charge >= 0.3 is 6.16 Å². The van der Waals surface area contributed by atoms with Crippen molar-refractivity contribution in [3.63, 3.8) is 0 Å². The Morgan fingerprint density at radius 2 is 1.93 bits per heavy atom. The minimum absolute atomic E-state index is 0.0526. The van der Waals surface area contributed by atoms with Crippen molar-refractivity contribution in [2.75, 3.05) is 38.7 Å². The molecule has 2 aliphatic heterocycles. The van der Waals surface area contributed by atoms with Gasteiger partial charge in [0.05, 0.1) is 38.1 Å². The van der Waals surface area contributed by atoms with Gasteiger partial charge in [-0.15, -0.1) is 0 Å². The average Bonchev–Trinajstić information content (AvgIpc) is 3.47. The standard InChI is InChI=1S/C29H22F2N4O8/c1-39-29(38)42-14-41-27-20(36)8-9-34-25(27)28(37)33-10-11-40-13-21(33)35(34)24-15-4-2-3-5-16(15)26-18(12-32-43-26)22-17(24)6-7-19(30)23(22)31/h2-9,12,21,24H,10-11,13-14H2,1H3/t21-,24-/m1/s1. The lowest BCUT2D eigenvalue weighted by Crippen LogP contribution is -2.66. The zero-order chi connectivity index (χ0) is 29.8. The van der Waals surface area contributed by atoms with Crippen molar-refractivity contribution in [1.82, 2.24) is 14.7 Å². The number of morpholine rings is 1. The summed E-state index contributed by atoms with van der Waals surface area (Å²) < 4.78 is 58.2. The monoisotopic (exact) mass is 592 g/mol. The van der Waals surface area contributed by atoms with Crippen molar-refractivity contribution in [2.45, 2.75) is 12.2 Å². The predicted molar refractivity (Wildman–Crippen MR) is 143 cm³/mol. The lowest BCUT2D eigenvalue weighted by molar-refractivity contribution is -0.0208. The second-order valence-electron chi connectivity index (χ2n) is 9.88. The lowest BCUT2D eigenvalue weighted by Gasteiger charge is -2.51. The Morgan fingerprint density at radius 1 is 1.09 bits per heavy atom. The average molecular weight is 593 g/mol. The highest BCUT2D eigenvalue weighted by molar-refractivity contribution is 5.97. The molecule has 2 aromatic carbocycles. The molecule has 4 aromatic rings. The van der Waals surface area contributed by atoms with Gasteiger partial charge < -0.3 is 28.4 Å². The number of methoxy groups -OCH3 is 1. The summed E-state index contributed by atoms with van der Waals surface area (Å²) in [7, 11) is 1.11. The summed E-state index contributed by atoms with van der Waals surface area (Å²) in [4.78, 5) is 40.0. The van der Waals surface area contributed by atoms with E-state index in [0.717, 1.165) is 13.2 Å². The largest absolute Gasteiger partial charge is 0.510 e. The SMILES string of the molecule is COC(=O)OCOc1c2n(ccc1=O)N([C@@H]1c3ccccc3-c3oncc3-c3c1ccc(F)c3F)[C@@H]1COCCN1C2=O. The van der Waals surface area contributed by atoms with Crippen LogP contribution in [-0.4, -0.2) is 66.6 Å². The highest BCUT2D eigenvalue weighted by Crippen LogP contribution is 2.49. The molecule has 1 fully saturated rings. The highest BCUT2D eigenvalue weighted by atomic mass is 19.2. The van der Waals surface area contributed by atoms with E-state index in [1.54, 1.807) is 23.2 Å². The number of ether oxygens (including phenoxy) is 4. The van der Waals surface area contributed by atoms with E-state index < -0.39 is 48.1 Å². The summed E-state index contributed by atoms with van der Waals surface area (Å²) in [5.74, 6) is -2.79. The van der Waals surface area contributed by atoms with Crippen LogP contribution in [0, 0.1) is 11.6 Å².